The van der Waals surface area contributed by atoms with E-state index in [4.69, 9.17) is 6.58 Å². The fourth-order valence-electron chi connectivity index (χ4n) is 0.337. The maximum Gasteiger partial charge on any atom is 0.277 e. The maximum absolute atomic E-state index is 5.24. The van der Waals surface area contributed by atoms with Crippen LogP contribution in [0, 0.1) is 6.58 Å². The summed E-state index contributed by atoms with van der Waals surface area (Å²) in [6.45, 7) is 5.24. The van der Waals surface area contributed by atoms with Gasteiger partial charge in [0.2, 0.25) is 0 Å². The third-order valence-electron chi connectivity index (χ3n) is 0.624. The lowest BCUT2D eigenvalue weighted by Crippen LogP contribution is -2.06. The van der Waals surface area contributed by atoms with E-state index >= 15 is 0 Å². The lowest BCUT2D eigenvalue weighted by atomic mass is 10.5. The van der Waals surface area contributed by atoms with Gasteiger partial charge in [0.15, 0.2) is 6.21 Å². The van der Waals surface area contributed by atoms with Crippen LogP contribution in [0.1, 0.15) is 0 Å². The lowest BCUT2D eigenvalue weighted by molar-refractivity contribution is 1.12. The molecule has 0 amide bonds. The Morgan fingerprint density at radius 2 is 2.57 bits per heavy atom. The number of hydrogen-bond donors (Lipinski definition) is 1. The van der Waals surface area contributed by atoms with Gasteiger partial charge in [-0.15, -0.1) is 0 Å². The van der Waals surface area contributed by atoms with Gasteiger partial charge in [0, 0.05) is 6.20 Å². The van der Waals surface area contributed by atoms with Crippen molar-refractivity contribution in [3.63, 3.8) is 0 Å². The summed E-state index contributed by atoms with van der Waals surface area (Å²) in [5, 5.41) is 2.75. The van der Waals surface area contributed by atoms with E-state index < -0.39 is 0 Å². The highest BCUT2D eigenvalue weighted by molar-refractivity contribution is 5.77. The van der Waals surface area contributed by atoms with Gasteiger partial charge in [0.05, 0.1) is 12.8 Å². The Labute approximate surface area is 42.3 Å². The normalized spacial score (nSPS) is 16.7. The van der Waals surface area contributed by atoms with Crippen LogP contribution in [0.15, 0.2) is 23.1 Å². The van der Waals surface area contributed by atoms with Crippen molar-refractivity contribution in [3.8, 4) is 0 Å². The van der Waals surface area contributed by atoms with Gasteiger partial charge < -0.3 is 5.32 Å². The van der Waals surface area contributed by atoms with Crippen LogP contribution in [0.4, 0.5) is 0 Å². The first-order valence-corrected chi connectivity index (χ1v) is 1.97. The van der Waals surface area contributed by atoms with E-state index in [0.717, 1.165) is 0 Å². The molecule has 0 fully saturated rings. The number of rotatable bonds is 0. The second kappa shape index (κ2) is 1.54. The Morgan fingerprint density at radius 1 is 1.71 bits per heavy atom. The summed E-state index contributed by atoms with van der Waals surface area (Å²) in [7, 11) is 0. The van der Waals surface area contributed by atoms with E-state index in [1.807, 2.05) is 0 Å². The SMILES string of the molecule is [CH+]=C1C=NC=CN1. The summed E-state index contributed by atoms with van der Waals surface area (Å²) >= 11 is 0. The standard InChI is InChI=1S/C5H5N2/c1-5-4-6-2-3-7-5/h1-4,7H/q+1. The van der Waals surface area contributed by atoms with Crippen molar-refractivity contribution in [2.45, 2.75) is 0 Å². The minimum absolute atomic E-state index is 0.586. The molecule has 0 aliphatic carbocycles. The van der Waals surface area contributed by atoms with E-state index in [1.165, 1.54) is 0 Å². The van der Waals surface area contributed by atoms with E-state index in [2.05, 4.69) is 10.3 Å². The fourth-order valence-corrected chi connectivity index (χ4v) is 0.337. The Hall–Kier alpha value is -1.14. The van der Waals surface area contributed by atoms with Gasteiger partial charge in [0.1, 0.15) is 0 Å². The smallest absolute Gasteiger partial charge is 0.277 e. The Kier molecular flexibility index (Phi) is 0.886. The maximum atomic E-state index is 5.24. The molecule has 0 saturated carbocycles. The van der Waals surface area contributed by atoms with E-state index in [0.29, 0.717) is 5.70 Å². The molecule has 2 nitrogen and oxygen atoms in total. The van der Waals surface area contributed by atoms with E-state index in [1.54, 1.807) is 18.6 Å². The highest BCUT2D eigenvalue weighted by Gasteiger charge is 1.96. The first-order valence-electron chi connectivity index (χ1n) is 1.97. The number of nitrogens with zero attached hydrogens (tertiary/aromatic N) is 1. The molecule has 0 unspecified atom stereocenters. The predicted molar refractivity (Wildman–Crippen MR) is 28.6 cm³/mol. The molecule has 2 heteroatoms. The van der Waals surface area contributed by atoms with Gasteiger partial charge >= 0.3 is 0 Å². The molecule has 34 valence electrons. The summed E-state index contributed by atoms with van der Waals surface area (Å²) < 4.78 is 0. The number of aliphatic imine (C=N–C) groups is 1. The van der Waals surface area contributed by atoms with Crippen molar-refractivity contribution in [1.29, 1.82) is 0 Å². The Balaban J connectivity index is 2.66. The number of allylic oxidation sites excluding steroid dienone is 1. The summed E-state index contributed by atoms with van der Waals surface area (Å²) in [6.07, 6.45) is 4.87. The van der Waals surface area contributed by atoms with Crippen LogP contribution in [0.5, 0.6) is 0 Å². The summed E-state index contributed by atoms with van der Waals surface area (Å²) in [6, 6.07) is 0. The molecule has 0 saturated heterocycles. The average molecular weight is 93.1 g/mol. The molecule has 1 heterocycles. The molecule has 0 spiro atoms. The topological polar surface area (TPSA) is 24.4 Å². The number of hydrogen-bond acceptors (Lipinski definition) is 2. The van der Waals surface area contributed by atoms with Crippen LogP contribution in [0.3, 0.4) is 0 Å². The molecule has 1 aliphatic rings. The van der Waals surface area contributed by atoms with Gasteiger partial charge in [-0.2, -0.15) is 4.99 Å². The Bertz CT molecular complexity index is 133. The van der Waals surface area contributed by atoms with Crippen molar-refractivity contribution in [2.24, 2.45) is 4.99 Å². The molecular formula is C5H5N2+. The summed E-state index contributed by atoms with van der Waals surface area (Å²) in [5.41, 5.74) is 0.586. The zero-order chi connectivity index (χ0) is 5.11. The molecule has 0 radical (unpaired) electrons. The first-order chi connectivity index (χ1) is 3.39. The Morgan fingerprint density at radius 3 is 2.86 bits per heavy atom. The largest absolute Gasteiger partial charge is 0.318 e. The zero-order valence-corrected chi connectivity index (χ0v) is 3.76. The quantitative estimate of drug-likeness (QED) is 0.432. The zero-order valence-electron chi connectivity index (χ0n) is 3.76. The van der Waals surface area contributed by atoms with Gasteiger partial charge in [-0.3, -0.25) is 0 Å². The van der Waals surface area contributed by atoms with Crippen molar-refractivity contribution in [3.05, 3.63) is 24.7 Å². The van der Waals surface area contributed by atoms with Gasteiger partial charge in [-0.05, 0) is 0 Å². The van der Waals surface area contributed by atoms with Crippen LogP contribution in [0.25, 0.3) is 0 Å². The van der Waals surface area contributed by atoms with Gasteiger partial charge in [0.25, 0.3) is 5.70 Å². The van der Waals surface area contributed by atoms with Crippen LogP contribution >= 0.6 is 0 Å². The molecule has 0 aromatic rings. The molecule has 1 N–H and O–H groups in total. The summed E-state index contributed by atoms with van der Waals surface area (Å²) in [5.74, 6) is 0. The van der Waals surface area contributed by atoms with Crippen molar-refractivity contribution in [1.82, 2.24) is 5.32 Å². The fraction of sp³-hybridized carbons (Fsp3) is 0. The molecular weight excluding hydrogens is 88.1 g/mol. The van der Waals surface area contributed by atoms with Gasteiger partial charge in [-0.25, -0.2) is 0 Å². The second-order valence-corrected chi connectivity index (χ2v) is 1.19. The number of nitrogens with one attached hydrogen (secondary N) is 1. The summed E-state index contributed by atoms with van der Waals surface area (Å²) in [4.78, 5) is 3.73. The minimum atomic E-state index is 0.586. The molecule has 0 atom stereocenters. The molecule has 0 aromatic carbocycles. The molecule has 1 rings (SSSR count). The van der Waals surface area contributed by atoms with Crippen LogP contribution in [-0.2, 0) is 0 Å². The minimum Gasteiger partial charge on any atom is -0.318 e. The molecule has 0 bridgehead atoms. The van der Waals surface area contributed by atoms with E-state index in [-0.39, 0.29) is 0 Å². The molecule has 1 aliphatic heterocycles. The average Bonchev–Trinajstić information content (AvgIpc) is 1.69. The van der Waals surface area contributed by atoms with Gasteiger partial charge in [-0.1, -0.05) is 0 Å². The predicted octanol–water partition coefficient (Wildman–Crippen LogP) is 0.448. The van der Waals surface area contributed by atoms with Crippen LogP contribution in [-0.4, -0.2) is 6.21 Å². The molecule has 0 aromatic heterocycles. The second-order valence-electron chi connectivity index (χ2n) is 1.19. The van der Waals surface area contributed by atoms with Crippen LogP contribution in [0.2, 0.25) is 0 Å². The monoisotopic (exact) mass is 93.0 g/mol. The van der Waals surface area contributed by atoms with Crippen molar-refractivity contribution >= 4 is 6.21 Å². The highest BCUT2D eigenvalue weighted by Crippen LogP contribution is 1.84. The van der Waals surface area contributed by atoms with E-state index in [9.17, 15) is 0 Å². The van der Waals surface area contributed by atoms with Crippen LogP contribution < -0.4 is 5.32 Å². The van der Waals surface area contributed by atoms with Crippen molar-refractivity contribution < 1.29 is 0 Å². The lowest BCUT2D eigenvalue weighted by Gasteiger charge is -1.88. The highest BCUT2D eigenvalue weighted by atomic mass is 14.9. The van der Waals surface area contributed by atoms with Crippen molar-refractivity contribution in [2.75, 3.05) is 0 Å². The third kappa shape index (κ3) is 0.845. The first kappa shape index (κ1) is 4.03. The molecule has 7 heavy (non-hydrogen) atoms. The third-order valence-corrected chi connectivity index (χ3v) is 0.624.